The average Bonchev–Trinajstić information content (AvgIpc) is 2.51. The summed E-state index contributed by atoms with van der Waals surface area (Å²) in [4.78, 5) is 78.1. The molecule has 1 saturated heterocycles. The predicted octanol–water partition coefficient (Wildman–Crippen LogP) is -3.15. The fraction of sp³-hybridized carbons (Fsp3) is 1.00. The Hall–Kier alpha value is 0.440. The summed E-state index contributed by atoms with van der Waals surface area (Å²) in [5.41, 5.74) is -2.42. The highest BCUT2D eigenvalue weighted by Crippen LogP contribution is 2.52. The van der Waals surface area contributed by atoms with Gasteiger partial charge in [-0.1, -0.05) is 0 Å². The van der Waals surface area contributed by atoms with Gasteiger partial charge in [0.05, 0.1) is 24.0 Å². The SMILES string of the molecule is O=P(O)(O)CC1NCCNCCNCCN(CP(=O)(O)O)C1(CP(=O)(O)O)CP(=O)(O)O. The van der Waals surface area contributed by atoms with Gasteiger partial charge in [0, 0.05) is 45.3 Å². The van der Waals surface area contributed by atoms with Crippen molar-refractivity contribution in [3.8, 4) is 0 Å². The number of nitrogens with one attached hydrogen (secondary N) is 3. The van der Waals surface area contributed by atoms with Crippen molar-refractivity contribution in [2.75, 3.05) is 64.0 Å². The molecule has 0 aromatic carbocycles. The zero-order chi connectivity index (χ0) is 24.8. The molecule has 1 aliphatic heterocycles. The van der Waals surface area contributed by atoms with Gasteiger partial charge in [0.2, 0.25) is 0 Å². The van der Waals surface area contributed by atoms with E-state index in [1.807, 2.05) is 0 Å². The van der Waals surface area contributed by atoms with Gasteiger partial charge < -0.3 is 55.1 Å². The van der Waals surface area contributed by atoms with Crippen molar-refractivity contribution in [2.45, 2.75) is 11.6 Å². The van der Waals surface area contributed by atoms with Gasteiger partial charge in [0.15, 0.2) is 0 Å². The van der Waals surface area contributed by atoms with Gasteiger partial charge >= 0.3 is 30.4 Å². The molecule has 1 unspecified atom stereocenters. The molecule has 32 heavy (non-hydrogen) atoms. The van der Waals surface area contributed by atoms with Crippen LogP contribution in [0.5, 0.6) is 0 Å². The van der Waals surface area contributed by atoms with E-state index in [0.29, 0.717) is 13.1 Å². The molecular formula is C12H32N4O12P4. The third-order valence-electron chi connectivity index (χ3n) is 4.74. The normalized spacial score (nSPS) is 23.3. The van der Waals surface area contributed by atoms with E-state index in [1.54, 1.807) is 0 Å². The van der Waals surface area contributed by atoms with E-state index in [0.717, 1.165) is 4.90 Å². The van der Waals surface area contributed by atoms with Gasteiger partial charge in [-0.2, -0.15) is 0 Å². The second-order valence-electron chi connectivity index (χ2n) is 7.67. The van der Waals surface area contributed by atoms with Gasteiger partial charge in [-0.05, 0) is 0 Å². The highest BCUT2D eigenvalue weighted by atomic mass is 31.2. The molecule has 0 aliphatic carbocycles. The van der Waals surface area contributed by atoms with E-state index >= 15 is 0 Å². The molecule has 20 heteroatoms. The maximum atomic E-state index is 12.1. The monoisotopic (exact) mass is 548 g/mol. The maximum Gasteiger partial charge on any atom is 0.339 e. The fourth-order valence-electron chi connectivity index (χ4n) is 3.70. The maximum absolute atomic E-state index is 12.1. The summed E-state index contributed by atoms with van der Waals surface area (Å²) < 4.78 is 47.8. The van der Waals surface area contributed by atoms with Crippen LogP contribution in [0.3, 0.4) is 0 Å². The summed E-state index contributed by atoms with van der Waals surface area (Å²) >= 11 is 0. The molecule has 1 atom stereocenters. The lowest BCUT2D eigenvalue weighted by Gasteiger charge is -2.49. The first-order valence-corrected chi connectivity index (χ1v) is 16.6. The Labute approximate surface area is 184 Å². The molecule has 0 radical (unpaired) electrons. The molecule has 16 nitrogen and oxygen atoms in total. The standard InChI is InChI=1S/C12H32N4O12P4/c17-29(18,19)7-11-12(8-30(20,21)22,9-31(23,24)25)16(10-32(26,27)28)6-5-14-2-1-13-3-4-15-11/h11,13-15H,1-10H2,(H2,17,18,19)(H2,20,21,22)(H2,23,24,25)(H2,26,27,28). The van der Waals surface area contributed by atoms with Crippen LogP contribution in [0, 0.1) is 0 Å². The summed E-state index contributed by atoms with van der Waals surface area (Å²) in [6.45, 7) is 0.802. The van der Waals surface area contributed by atoms with Crippen molar-refractivity contribution in [2.24, 2.45) is 0 Å². The van der Waals surface area contributed by atoms with Crippen LogP contribution in [0.15, 0.2) is 0 Å². The van der Waals surface area contributed by atoms with Crippen molar-refractivity contribution >= 4 is 30.4 Å². The minimum atomic E-state index is -5.14. The number of hydrogen-bond acceptors (Lipinski definition) is 8. The Morgan fingerprint density at radius 1 is 0.688 bits per heavy atom. The van der Waals surface area contributed by atoms with E-state index in [2.05, 4.69) is 16.0 Å². The number of rotatable bonds is 8. The first-order chi connectivity index (χ1) is 14.3. The molecule has 1 heterocycles. The Bertz CT molecular complexity index is 727. The summed E-state index contributed by atoms with van der Waals surface area (Å²) in [7, 11) is -20.1. The lowest BCUT2D eigenvalue weighted by molar-refractivity contribution is 0.0932. The summed E-state index contributed by atoms with van der Waals surface area (Å²) in [5, 5.41) is 8.61. The third-order valence-corrected chi connectivity index (χ3v) is 8.21. The number of nitrogens with zero attached hydrogens (tertiary/aromatic N) is 1. The molecule has 0 bridgehead atoms. The van der Waals surface area contributed by atoms with Crippen molar-refractivity contribution < 1.29 is 57.4 Å². The van der Waals surface area contributed by atoms with Crippen LogP contribution in [0.4, 0.5) is 0 Å². The lowest BCUT2D eigenvalue weighted by Crippen LogP contribution is -2.68. The molecule has 0 aromatic heterocycles. The Kier molecular flexibility index (Phi) is 11.3. The van der Waals surface area contributed by atoms with Crippen molar-refractivity contribution in [3.05, 3.63) is 0 Å². The topological polar surface area (TPSA) is 269 Å². The van der Waals surface area contributed by atoms with Crippen LogP contribution >= 0.6 is 30.4 Å². The zero-order valence-corrected chi connectivity index (χ0v) is 20.7. The quantitative estimate of drug-likeness (QED) is 0.134. The zero-order valence-electron chi connectivity index (χ0n) is 17.1. The van der Waals surface area contributed by atoms with Crippen molar-refractivity contribution in [1.29, 1.82) is 0 Å². The highest BCUT2D eigenvalue weighted by molar-refractivity contribution is 7.53. The van der Waals surface area contributed by atoms with Crippen molar-refractivity contribution in [1.82, 2.24) is 20.9 Å². The van der Waals surface area contributed by atoms with Crippen LogP contribution in [0.2, 0.25) is 0 Å². The van der Waals surface area contributed by atoms with E-state index in [4.69, 9.17) is 0 Å². The molecule has 0 amide bonds. The van der Waals surface area contributed by atoms with Gasteiger partial charge in [-0.15, -0.1) is 0 Å². The van der Waals surface area contributed by atoms with Crippen LogP contribution < -0.4 is 16.0 Å². The second-order valence-corrected chi connectivity index (χ2v) is 14.3. The fourth-order valence-corrected chi connectivity index (χ4v) is 8.18. The highest BCUT2D eigenvalue weighted by Gasteiger charge is 2.53. The largest absolute Gasteiger partial charge is 0.339 e. The summed E-state index contributed by atoms with van der Waals surface area (Å²) in [5.74, 6) is 0. The number of hydrogen-bond donors (Lipinski definition) is 11. The summed E-state index contributed by atoms with van der Waals surface area (Å²) in [6, 6.07) is -1.64. The molecular weight excluding hydrogens is 516 g/mol. The molecule has 0 spiro atoms. The Morgan fingerprint density at radius 3 is 1.59 bits per heavy atom. The van der Waals surface area contributed by atoms with Crippen LogP contribution in [0.25, 0.3) is 0 Å². The van der Waals surface area contributed by atoms with E-state index in [9.17, 15) is 57.4 Å². The van der Waals surface area contributed by atoms with Crippen molar-refractivity contribution in [3.63, 3.8) is 0 Å². The van der Waals surface area contributed by atoms with Gasteiger partial charge in [0.1, 0.15) is 6.29 Å². The van der Waals surface area contributed by atoms with Gasteiger partial charge in [0.25, 0.3) is 0 Å². The predicted molar refractivity (Wildman–Crippen MR) is 115 cm³/mol. The van der Waals surface area contributed by atoms with Gasteiger partial charge in [-0.25, -0.2) is 0 Å². The van der Waals surface area contributed by atoms with Crippen LogP contribution in [-0.4, -0.2) is 120 Å². The molecule has 0 saturated carbocycles. The minimum absolute atomic E-state index is 0.00831. The molecule has 0 aromatic rings. The Morgan fingerprint density at radius 2 is 1.16 bits per heavy atom. The Balaban J connectivity index is 3.76. The molecule has 11 N–H and O–H groups in total. The van der Waals surface area contributed by atoms with E-state index in [-0.39, 0.29) is 26.2 Å². The molecule has 1 fully saturated rings. The smallest absolute Gasteiger partial charge is 0.324 e. The second kappa shape index (κ2) is 11.9. The first kappa shape index (κ1) is 30.5. The van der Waals surface area contributed by atoms with Crippen LogP contribution in [-0.2, 0) is 18.3 Å². The van der Waals surface area contributed by atoms with Crippen LogP contribution in [0.1, 0.15) is 0 Å². The van der Waals surface area contributed by atoms with E-state index in [1.165, 1.54) is 0 Å². The van der Waals surface area contributed by atoms with E-state index < -0.39 is 66.7 Å². The first-order valence-electron chi connectivity index (χ1n) is 9.41. The van der Waals surface area contributed by atoms with Gasteiger partial charge in [-0.3, -0.25) is 23.2 Å². The molecule has 192 valence electrons. The molecule has 1 rings (SSSR count). The average molecular weight is 548 g/mol. The molecule has 1 aliphatic rings. The summed E-state index contributed by atoms with van der Waals surface area (Å²) in [6.07, 6.45) is -4.85. The lowest BCUT2D eigenvalue weighted by atomic mass is 9.92. The minimum Gasteiger partial charge on any atom is -0.324 e. The third kappa shape index (κ3) is 12.2.